The molecule has 27 heavy (non-hydrogen) atoms. The molecular weight excluding hydrogens is 381 g/mol. The third-order valence-electron chi connectivity index (χ3n) is 4.14. The molecule has 0 fully saturated rings. The lowest BCUT2D eigenvalue weighted by atomic mass is 10.1. The second-order valence-corrected chi connectivity index (χ2v) is 7.40. The fourth-order valence-electron chi connectivity index (χ4n) is 2.61. The van der Waals surface area contributed by atoms with Gasteiger partial charge in [0.05, 0.1) is 21.8 Å². The van der Waals surface area contributed by atoms with Gasteiger partial charge in [0.15, 0.2) is 0 Å². The van der Waals surface area contributed by atoms with Gasteiger partial charge in [-0.25, -0.2) is 9.97 Å². The fraction of sp³-hybridized carbons (Fsp3) is 0.238. The molecule has 0 radical (unpaired) electrons. The van der Waals surface area contributed by atoms with E-state index in [1.807, 2.05) is 56.3 Å². The van der Waals surface area contributed by atoms with Gasteiger partial charge in [0, 0.05) is 24.1 Å². The fourth-order valence-corrected chi connectivity index (χ4v) is 2.91. The van der Waals surface area contributed by atoms with Crippen LogP contribution in [-0.4, -0.2) is 21.6 Å². The van der Waals surface area contributed by atoms with Crippen molar-refractivity contribution in [3.8, 4) is 11.3 Å². The summed E-state index contributed by atoms with van der Waals surface area (Å²) in [6, 6.07) is 16.8. The van der Waals surface area contributed by atoms with Crippen LogP contribution in [0.25, 0.3) is 11.3 Å². The molecule has 2 N–H and O–H groups in total. The summed E-state index contributed by atoms with van der Waals surface area (Å²) in [7, 11) is 0. The van der Waals surface area contributed by atoms with Gasteiger partial charge in [-0.05, 0) is 17.7 Å². The maximum absolute atomic E-state index is 10.4. The van der Waals surface area contributed by atoms with Gasteiger partial charge in [-0.2, -0.15) is 0 Å². The van der Waals surface area contributed by atoms with Crippen molar-refractivity contribution in [3.63, 3.8) is 0 Å². The van der Waals surface area contributed by atoms with E-state index >= 15 is 0 Å². The Bertz CT molecular complexity index is 917. The molecular formula is C21H21Cl2N3O. The van der Waals surface area contributed by atoms with Gasteiger partial charge in [0.25, 0.3) is 0 Å². The molecule has 1 heterocycles. The Morgan fingerprint density at radius 2 is 1.70 bits per heavy atom. The van der Waals surface area contributed by atoms with Crippen LogP contribution in [0.15, 0.2) is 54.6 Å². The third kappa shape index (κ3) is 4.98. The Balaban J connectivity index is 1.86. The van der Waals surface area contributed by atoms with E-state index in [-0.39, 0.29) is 5.92 Å². The SMILES string of the molecule is CC(C)c1nc(NCC(O)c2ccccc2)cc(-c2ccc(Cl)c(Cl)c2)n1. The van der Waals surface area contributed by atoms with Crippen molar-refractivity contribution < 1.29 is 5.11 Å². The molecule has 140 valence electrons. The molecule has 0 saturated carbocycles. The van der Waals surface area contributed by atoms with Crippen molar-refractivity contribution in [2.24, 2.45) is 0 Å². The molecule has 0 amide bonds. The zero-order chi connectivity index (χ0) is 19.4. The van der Waals surface area contributed by atoms with E-state index in [0.717, 1.165) is 22.6 Å². The topological polar surface area (TPSA) is 58.0 Å². The number of nitrogens with one attached hydrogen (secondary N) is 1. The highest BCUT2D eigenvalue weighted by atomic mass is 35.5. The second kappa shape index (κ2) is 8.70. The number of benzene rings is 2. The summed E-state index contributed by atoms with van der Waals surface area (Å²) in [5.74, 6) is 1.53. The Morgan fingerprint density at radius 3 is 2.37 bits per heavy atom. The molecule has 0 spiro atoms. The molecule has 0 bridgehead atoms. The number of nitrogens with zero attached hydrogens (tertiary/aromatic N) is 2. The van der Waals surface area contributed by atoms with Crippen LogP contribution in [0.4, 0.5) is 5.82 Å². The number of hydrogen-bond donors (Lipinski definition) is 2. The molecule has 2 aromatic carbocycles. The normalized spacial score (nSPS) is 12.2. The Kier molecular flexibility index (Phi) is 6.32. The molecule has 3 rings (SSSR count). The molecule has 1 atom stereocenters. The minimum absolute atomic E-state index is 0.160. The van der Waals surface area contributed by atoms with E-state index in [1.165, 1.54) is 0 Å². The Morgan fingerprint density at radius 1 is 0.963 bits per heavy atom. The molecule has 1 aromatic heterocycles. The summed E-state index contributed by atoms with van der Waals surface area (Å²) in [5, 5.41) is 14.6. The molecule has 1 unspecified atom stereocenters. The number of aromatic nitrogens is 2. The van der Waals surface area contributed by atoms with E-state index in [9.17, 15) is 5.11 Å². The highest BCUT2D eigenvalue weighted by molar-refractivity contribution is 6.42. The average molecular weight is 402 g/mol. The van der Waals surface area contributed by atoms with Crippen LogP contribution < -0.4 is 5.32 Å². The third-order valence-corrected chi connectivity index (χ3v) is 4.88. The van der Waals surface area contributed by atoms with Crippen LogP contribution >= 0.6 is 23.2 Å². The van der Waals surface area contributed by atoms with Crippen molar-refractivity contribution >= 4 is 29.0 Å². The van der Waals surface area contributed by atoms with Gasteiger partial charge < -0.3 is 10.4 Å². The van der Waals surface area contributed by atoms with Gasteiger partial charge in [0.1, 0.15) is 11.6 Å². The number of rotatable bonds is 6. The van der Waals surface area contributed by atoms with Crippen molar-refractivity contribution in [2.75, 3.05) is 11.9 Å². The molecule has 3 aromatic rings. The van der Waals surface area contributed by atoms with Gasteiger partial charge in [0.2, 0.25) is 0 Å². The Hall–Kier alpha value is -2.14. The second-order valence-electron chi connectivity index (χ2n) is 6.59. The predicted molar refractivity (Wildman–Crippen MR) is 111 cm³/mol. The quantitative estimate of drug-likeness (QED) is 0.554. The molecule has 0 aliphatic carbocycles. The minimum atomic E-state index is -0.628. The zero-order valence-electron chi connectivity index (χ0n) is 15.2. The van der Waals surface area contributed by atoms with E-state index in [1.54, 1.807) is 12.1 Å². The van der Waals surface area contributed by atoms with E-state index in [4.69, 9.17) is 23.2 Å². The largest absolute Gasteiger partial charge is 0.387 e. The van der Waals surface area contributed by atoms with E-state index in [0.29, 0.717) is 22.4 Å². The van der Waals surface area contributed by atoms with E-state index < -0.39 is 6.10 Å². The number of aliphatic hydroxyl groups excluding tert-OH is 1. The summed E-state index contributed by atoms with van der Waals surface area (Å²) >= 11 is 12.2. The van der Waals surface area contributed by atoms with Crippen LogP contribution in [-0.2, 0) is 0 Å². The molecule has 0 aliphatic heterocycles. The summed E-state index contributed by atoms with van der Waals surface area (Å²) < 4.78 is 0. The first-order chi connectivity index (χ1) is 12.9. The maximum atomic E-state index is 10.4. The van der Waals surface area contributed by atoms with Crippen LogP contribution in [0.2, 0.25) is 10.0 Å². The minimum Gasteiger partial charge on any atom is -0.387 e. The molecule has 6 heteroatoms. The van der Waals surface area contributed by atoms with Crippen LogP contribution in [0.1, 0.15) is 37.3 Å². The summed E-state index contributed by atoms with van der Waals surface area (Å²) in [5.41, 5.74) is 2.47. The predicted octanol–water partition coefficient (Wildman–Crippen LogP) is 5.72. The average Bonchev–Trinajstić information content (AvgIpc) is 2.68. The van der Waals surface area contributed by atoms with Crippen LogP contribution in [0.3, 0.4) is 0 Å². The van der Waals surface area contributed by atoms with Crippen molar-refractivity contribution in [2.45, 2.75) is 25.9 Å². The molecule has 4 nitrogen and oxygen atoms in total. The Labute approximate surface area is 169 Å². The van der Waals surface area contributed by atoms with Gasteiger partial charge in [-0.1, -0.05) is 73.4 Å². The lowest BCUT2D eigenvalue weighted by Gasteiger charge is -2.15. The highest BCUT2D eigenvalue weighted by Crippen LogP contribution is 2.29. The first-order valence-corrected chi connectivity index (χ1v) is 9.51. The highest BCUT2D eigenvalue weighted by Gasteiger charge is 2.12. The van der Waals surface area contributed by atoms with E-state index in [2.05, 4.69) is 15.3 Å². The summed E-state index contributed by atoms with van der Waals surface area (Å²) in [4.78, 5) is 9.22. The van der Waals surface area contributed by atoms with Gasteiger partial charge in [-0.15, -0.1) is 0 Å². The molecule has 0 aliphatic rings. The van der Waals surface area contributed by atoms with Crippen LogP contribution in [0, 0.1) is 0 Å². The van der Waals surface area contributed by atoms with Crippen molar-refractivity contribution in [1.29, 1.82) is 0 Å². The number of halogens is 2. The summed E-state index contributed by atoms with van der Waals surface area (Å²) in [6.45, 7) is 4.42. The standard InChI is InChI=1S/C21H21Cl2N3O/c1-13(2)21-25-18(15-8-9-16(22)17(23)10-15)11-20(26-21)24-12-19(27)14-6-4-3-5-7-14/h3-11,13,19,27H,12H2,1-2H3,(H,24,25,26). The lowest BCUT2D eigenvalue weighted by molar-refractivity contribution is 0.191. The molecule has 0 saturated heterocycles. The van der Waals surface area contributed by atoms with Crippen molar-refractivity contribution in [1.82, 2.24) is 9.97 Å². The zero-order valence-corrected chi connectivity index (χ0v) is 16.7. The number of anilines is 1. The maximum Gasteiger partial charge on any atom is 0.133 e. The number of hydrogen-bond acceptors (Lipinski definition) is 4. The first-order valence-electron chi connectivity index (χ1n) is 8.75. The monoisotopic (exact) mass is 401 g/mol. The smallest absolute Gasteiger partial charge is 0.133 e. The van der Waals surface area contributed by atoms with Gasteiger partial charge >= 0.3 is 0 Å². The first kappa shape index (κ1) is 19.6. The summed E-state index contributed by atoms with van der Waals surface area (Å²) in [6.07, 6.45) is -0.628. The number of aliphatic hydroxyl groups is 1. The van der Waals surface area contributed by atoms with Crippen molar-refractivity contribution in [3.05, 3.63) is 76.0 Å². The lowest BCUT2D eigenvalue weighted by Crippen LogP contribution is -2.14. The van der Waals surface area contributed by atoms with Gasteiger partial charge in [-0.3, -0.25) is 0 Å². The van der Waals surface area contributed by atoms with Crippen LogP contribution in [0.5, 0.6) is 0 Å².